The van der Waals surface area contributed by atoms with Gasteiger partial charge in [0.15, 0.2) is 0 Å². The van der Waals surface area contributed by atoms with E-state index in [-0.39, 0.29) is 17.9 Å². The molecule has 28 heavy (non-hydrogen) atoms. The Hall–Kier alpha value is -2.82. The van der Waals surface area contributed by atoms with Gasteiger partial charge in [-0.15, -0.1) is 0 Å². The summed E-state index contributed by atoms with van der Waals surface area (Å²) in [4.78, 5) is 25.6. The first kappa shape index (κ1) is 19.9. The van der Waals surface area contributed by atoms with Crippen LogP contribution in [-0.4, -0.2) is 28.6 Å². The van der Waals surface area contributed by atoms with Crippen molar-refractivity contribution in [2.45, 2.75) is 45.1 Å². The van der Waals surface area contributed by atoms with Gasteiger partial charge in [0, 0.05) is 13.1 Å². The van der Waals surface area contributed by atoms with Crippen LogP contribution in [0.5, 0.6) is 5.75 Å². The summed E-state index contributed by atoms with van der Waals surface area (Å²) in [5.74, 6) is -0.397. The molecule has 1 fully saturated rings. The Kier molecular flexibility index (Phi) is 6.69. The molecule has 0 saturated heterocycles. The van der Waals surface area contributed by atoms with Crippen LogP contribution >= 0.6 is 0 Å². The Morgan fingerprint density at radius 1 is 1.04 bits per heavy atom. The number of para-hydroxylation sites is 1. The highest BCUT2D eigenvalue weighted by molar-refractivity contribution is 5.72. The predicted octanol–water partition coefficient (Wildman–Crippen LogP) is 5.07. The van der Waals surface area contributed by atoms with Gasteiger partial charge in [0.2, 0.25) is 0 Å². The molecule has 0 radical (unpaired) electrons. The van der Waals surface area contributed by atoms with Crippen molar-refractivity contribution < 1.29 is 19.4 Å². The molecule has 1 aliphatic carbocycles. The first-order chi connectivity index (χ1) is 13.6. The van der Waals surface area contributed by atoms with Crippen LogP contribution in [0.1, 0.15) is 49.7 Å². The van der Waals surface area contributed by atoms with E-state index in [1.54, 1.807) is 17.0 Å². The van der Waals surface area contributed by atoms with E-state index < -0.39 is 5.97 Å². The molecule has 0 heterocycles. The topological polar surface area (TPSA) is 66.8 Å². The molecule has 5 heteroatoms. The molecule has 0 aliphatic heterocycles. The van der Waals surface area contributed by atoms with Crippen molar-refractivity contribution in [2.75, 3.05) is 6.54 Å². The second-order valence-corrected chi connectivity index (χ2v) is 7.27. The number of hydrogen-bond acceptors (Lipinski definition) is 3. The lowest BCUT2D eigenvalue weighted by molar-refractivity contribution is -0.143. The fraction of sp³-hybridized carbons (Fsp3) is 0.391. The van der Waals surface area contributed by atoms with Gasteiger partial charge in [-0.3, -0.25) is 4.79 Å². The highest BCUT2D eigenvalue weighted by atomic mass is 16.6. The average molecular weight is 381 g/mol. The van der Waals surface area contributed by atoms with Gasteiger partial charge in [-0.2, -0.15) is 0 Å². The van der Waals surface area contributed by atoms with Crippen LogP contribution in [0.2, 0.25) is 0 Å². The minimum Gasteiger partial charge on any atom is -0.481 e. The molecule has 2 aromatic rings. The van der Waals surface area contributed by atoms with Gasteiger partial charge in [0.25, 0.3) is 0 Å². The van der Waals surface area contributed by atoms with Gasteiger partial charge in [-0.1, -0.05) is 55.3 Å². The van der Waals surface area contributed by atoms with Crippen LogP contribution in [0.4, 0.5) is 4.79 Å². The van der Waals surface area contributed by atoms with Crippen molar-refractivity contribution in [3.05, 3.63) is 65.7 Å². The van der Waals surface area contributed by atoms with E-state index in [1.807, 2.05) is 49.4 Å². The second kappa shape index (κ2) is 9.40. The van der Waals surface area contributed by atoms with Gasteiger partial charge in [-0.25, -0.2) is 4.79 Å². The number of amides is 1. The van der Waals surface area contributed by atoms with Crippen molar-refractivity contribution in [1.29, 1.82) is 0 Å². The quantitative estimate of drug-likeness (QED) is 0.759. The molecular weight excluding hydrogens is 354 g/mol. The summed E-state index contributed by atoms with van der Waals surface area (Å²) in [5.41, 5.74) is 2.07. The van der Waals surface area contributed by atoms with Crippen molar-refractivity contribution in [3.8, 4) is 5.75 Å². The van der Waals surface area contributed by atoms with E-state index in [9.17, 15) is 14.7 Å². The largest absolute Gasteiger partial charge is 0.481 e. The van der Waals surface area contributed by atoms with Crippen molar-refractivity contribution in [1.82, 2.24) is 4.90 Å². The van der Waals surface area contributed by atoms with E-state index in [0.29, 0.717) is 18.8 Å². The molecular formula is C23H27NO4. The Morgan fingerprint density at radius 3 is 2.36 bits per heavy atom. The third kappa shape index (κ3) is 4.91. The van der Waals surface area contributed by atoms with Gasteiger partial charge < -0.3 is 14.7 Å². The maximum absolute atomic E-state index is 12.4. The average Bonchev–Trinajstić information content (AvgIpc) is 2.73. The number of carboxylic acids is 1. The van der Waals surface area contributed by atoms with Crippen molar-refractivity contribution in [2.24, 2.45) is 5.92 Å². The van der Waals surface area contributed by atoms with Crippen molar-refractivity contribution in [3.63, 3.8) is 0 Å². The zero-order valence-corrected chi connectivity index (χ0v) is 16.2. The monoisotopic (exact) mass is 381 g/mol. The number of aliphatic carboxylic acids is 1. The van der Waals surface area contributed by atoms with E-state index in [1.165, 1.54) is 0 Å². The van der Waals surface area contributed by atoms with Crippen LogP contribution in [0.3, 0.4) is 0 Å². The van der Waals surface area contributed by atoms with Gasteiger partial charge >= 0.3 is 12.1 Å². The first-order valence-corrected chi connectivity index (χ1v) is 9.92. The summed E-state index contributed by atoms with van der Waals surface area (Å²) >= 11 is 0. The lowest BCUT2D eigenvalue weighted by Gasteiger charge is -2.29. The molecule has 1 amide bonds. The maximum atomic E-state index is 12.4. The van der Waals surface area contributed by atoms with Crippen LogP contribution in [0.25, 0.3) is 0 Å². The minimum absolute atomic E-state index is 0.0747. The molecule has 148 valence electrons. The third-order valence-electron chi connectivity index (χ3n) is 5.45. The Labute approximate surface area is 165 Å². The zero-order valence-electron chi connectivity index (χ0n) is 16.2. The lowest BCUT2D eigenvalue weighted by atomic mass is 9.75. The smallest absolute Gasteiger partial charge is 0.415 e. The van der Waals surface area contributed by atoms with E-state index in [4.69, 9.17) is 4.74 Å². The minimum atomic E-state index is -0.699. The molecule has 1 aliphatic rings. The van der Waals surface area contributed by atoms with Gasteiger partial charge in [0.1, 0.15) is 5.75 Å². The normalized spacial score (nSPS) is 19.0. The number of hydrogen-bond donors (Lipinski definition) is 1. The molecule has 2 aromatic carbocycles. The predicted molar refractivity (Wildman–Crippen MR) is 107 cm³/mol. The summed E-state index contributed by atoms with van der Waals surface area (Å²) in [7, 11) is 0. The Bertz CT molecular complexity index is 788. The maximum Gasteiger partial charge on any atom is 0.415 e. The van der Waals surface area contributed by atoms with Crippen LogP contribution in [-0.2, 0) is 11.3 Å². The summed E-state index contributed by atoms with van der Waals surface area (Å²) in [6.07, 6.45) is 3.35. The number of carboxylic acid groups (broad SMARTS) is 1. The molecule has 2 atom stereocenters. The summed E-state index contributed by atoms with van der Waals surface area (Å²) in [6.45, 7) is 2.91. The number of carbonyl (C=O) groups excluding carboxylic acids is 1. The van der Waals surface area contributed by atoms with E-state index in [0.717, 1.165) is 36.8 Å². The molecule has 1 N–H and O–H groups in total. The first-order valence-electron chi connectivity index (χ1n) is 9.92. The fourth-order valence-corrected chi connectivity index (χ4v) is 3.88. The number of carbonyl (C=O) groups is 2. The number of nitrogens with zero attached hydrogens (tertiary/aromatic N) is 1. The van der Waals surface area contributed by atoms with Crippen LogP contribution in [0.15, 0.2) is 54.6 Å². The van der Waals surface area contributed by atoms with E-state index in [2.05, 4.69) is 0 Å². The highest BCUT2D eigenvalue weighted by Gasteiger charge is 2.31. The molecule has 1 saturated carbocycles. The van der Waals surface area contributed by atoms with Crippen LogP contribution < -0.4 is 4.74 Å². The molecule has 5 nitrogen and oxygen atoms in total. The SMILES string of the molecule is CCN(Cc1ccc(C2CCCCC2C(=O)O)cc1)C(=O)Oc1ccccc1. The Morgan fingerprint density at radius 2 is 1.71 bits per heavy atom. The van der Waals surface area contributed by atoms with Crippen LogP contribution in [0, 0.1) is 5.92 Å². The zero-order chi connectivity index (χ0) is 19.9. The number of ether oxygens (including phenoxy) is 1. The lowest BCUT2D eigenvalue weighted by Crippen LogP contribution is -2.32. The fourth-order valence-electron chi connectivity index (χ4n) is 3.88. The molecule has 0 bridgehead atoms. The molecule has 0 aromatic heterocycles. The van der Waals surface area contributed by atoms with Gasteiger partial charge in [-0.05, 0) is 48.9 Å². The molecule has 2 unspecified atom stereocenters. The summed E-state index contributed by atoms with van der Waals surface area (Å²) in [5, 5.41) is 9.50. The standard InChI is InChI=1S/C23H27NO4/c1-2-24(23(27)28-19-8-4-3-5-9-19)16-17-12-14-18(15-13-17)20-10-6-7-11-21(20)22(25)26/h3-5,8-9,12-15,20-21H,2,6-7,10-11,16H2,1H3,(H,25,26). The third-order valence-corrected chi connectivity index (χ3v) is 5.45. The molecule has 3 rings (SSSR count). The van der Waals surface area contributed by atoms with Gasteiger partial charge in [0.05, 0.1) is 5.92 Å². The summed E-state index contributed by atoms with van der Waals surface area (Å²) < 4.78 is 5.42. The van der Waals surface area contributed by atoms with E-state index >= 15 is 0 Å². The number of benzene rings is 2. The Balaban J connectivity index is 1.65. The highest BCUT2D eigenvalue weighted by Crippen LogP contribution is 2.38. The number of rotatable bonds is 6. The summed E-state index contributed by atoms with van der Waals surface area (Å²) in [6, 6.07) is 17.0. The van der Waals surface area contributed by atoms with Crippen molar-refractivity contribution >= 4 is 12.1 Å². The molecule has 0 spiro atoms. The second-order valence-electron chi connectivity index (χ2n) is 7.27.